The van der Waals surface area contributed by atoms with Gasteiger partial charge in [-0.05, 0) is 45.2 Å². The second-order valence-electron chi connectivity index (χ2n) is 8.68. The number of unbranched alkanes of at least 4 members (excludes halogenated alkanes) is 12. The van der Waals surface area contributed by atoms with Crippen LogP contribution in [0.4, 0.5) is 0 Å². The highest BCUT2D eigenvalue weighted by Gasteiger charge is 2.05. The Labute approximate surface area is 193 Å². The van der Waals surface area contributed by atoms with E-state index in [1.54, 1.807) is 0 Å². The molecular formula is C27H51NO3. The molecule has 4 nitrogen and oxygen atoms in total. The predicted molar refractivity (Wildman–Crippen MR) is 132 cm³/mol. The van der Waals surface area contributed by atoms with Crippen molar-refractivity contribution in [2.75, 3.05) is 32.8 Å². The minimum Gasteiger partial charge on any atom is -0.452 e. The molecule has 0 saturated heterocycles. The van der Waals surface area contributed by atoms with E-state index in [9.17, 15) is 4.79 Å². The van der Waals surface area contributed by atoms with Crippen molar-refractivity contribution in [2.45, 2.75) is 123 Å². The molecule has 0 aliphatic rings. The van der Waals surface area contributed by atoms with E-state index < -0.39 is 0 Å². The standard InChI is InChI=1S/C27H51NO3/c1-3-5-7-9-13-17-22-28(24-20-25-29)23-18-14-11-12-16-21-27(30)31-26-19-15-10-8-6-4-2/h29H,3-14,16-18,20-26H2,1-2H3. The maximum atomic E-state index is 11.7. The summed E-state index contributed by atoms with van der Waals surface area (Å²) in [5.41, 5.74) is 0. The van der Waals surface area contributed by atoms with Crippen LogP contribution in [-0.4, -0.2) is 48.8 Å². The van der Waals surface area contributed by atoms with Gasteiger partial charge in [0.05, 0.1) is 0 Å². The number of carbonyl (C=O) groups is 1. The van der Waals surface area contributed by atoms with Gasteiger partial charge in [-0.2, -0.15) is 0 Å². The highest BCUT2D eigenvalue weighted by molar-refractivity contribution is 5.69. The minimum absolute atomic E-state index is 0.114. The first-order chi connectivity index (χ1) is 15.2. The fourth-order valence-electron chi connectivity index (χ4n) is 3.67. The lowest BCUT2D eigenvalue weighted by molar-refractivity contribution is -0.142. The Hall–Kier alpha value is -1.05. The fraction of sp³-hybridized carbons (Fsp3) is 0.889. The normalized spacial score (nSPS) is 10.8. The second-order valence-corrected chi connectivity index (χ2v) is 8.68. The molecule has 0 aliphatic carbocycles. The van der Waals surface area contributed by atoms with Gasteiger partial charge in [-0.3, -0.25) is 4.79 Å². The van der Waals surface area contributed by atoms with E-state index in [2.05, 4.69) is 30.6 Å². The first-order valence-electron chi connectivity index (χ1n) is 13.2. The van der Waals surface area contributed by atoms with E-state index >= 15 is 0 Å². The Morgan fingerprint density at radius 1 is 0.710 bits per heavy atom. The molecule has 0 aromatic rings. The zero-order valence-corrected chi connectivity index (χ0v) is 20.8. The van der Waals surface area contributed by atoms with Crippen molar-refractivity contribution in [1.29, 1.82) is 0 Å². The number of hydrogen-bond donors (Lipinski definition) is 1. The molecule has 0 rings (SSSR count). The van der Waals surface area contributed by atoms with E-state index in [-0.39, 0.29) is 19.2 Å². The molecule has 31 heavy (non-hydrogen) atoms. The molecule has 1 N–H and O–H groups in total. The van der Waals surface area contributed by atoms with Gasteiger partial charge in [0.2, 0.25) is 0 Å². The molecule has 0 bridgehead atoms. The third-order valence-electron chi connectivity index (χ3n) is 5.65. The first kappa shape index (κ1) is 29.9. The number of ether oxygens (including phenoxy) is 1. The Morgan fingerprint density at radius 3 is 1.90 bits per heavy atom. The Balaban J connectivity index is 3.64. The summed E-state index contributed by atoms with van der Waals surface area (Å²) in [4.78, 5) is 14.2. The van der Waals surface area contributed by atoms with Crippen molar-refractivity contribution in [3.05, 3.63) is 0 Å². The molecule has 0 spiro atoms. The average molecular weight is 438 g/mol. The van der Waals surface area contributed by atoms with Crippen LogP contribution < -0.4 is 0 Å². The number of aliphatic hydroxyl groups excluding tert-OH is 1. The molecule has 0 radical (unpaired) electrons. The van der Waals surface area contributed by atoms with Crippen molar-refractivity contribution in [3.8, 4) is 11.8 Å². The lowest BCUT2D eigenvalue weighted by Gasteiger charge is -2.22. The van der Waals surface area contributed by atoms with Gasteiger partial charge in [-0.25, -0.2) is 0 Å². The van der Waals surface area contributed by atoms with Crippen LogP contribution in [-0.2, 0) is 9.53 Å². The summed E-state index contributed by atoms with van der Waals surface area (Å²) in [5, 5.41) is 9.14. The van der Waals surface area contributed by atoms with Gasteiger partial charge in [0.25, 0.3) is 0 Å². The lowest BCUT2D eigenvalue weighted by atomic mass is 10.1. The van der Waals surface area contributed by atoms with Gasteiger partial charge in [0.1, 0.15) is 0 Å². The Bertz CT molecular complexity index is 441. The molecule has 182 valence electrons. The first-order valence-corrected chi connectivity index (χ1v) is 13.2. The molecule has 0 fully saturated rings. The highest BCUT2D eigenvalue weighted by Crippen LogP contribution is 2.10. The van der Waals surface area contributed by atoms with Crippen LogP contribution in [0.5, 0.6) is 0 Å². The van der Waals surface area contributed by atoms with Gasteiger partial charge in [0.15, 0.2) is 6.61 Å². The van der Waals surface area contributed by atoms with E-state index in [1.165, 1.54) is 77.2 Å². The molecule has 0 atom stereocenters. The number of nitrogens with zero attached hydrogens (tertiary/aromatic N) is 1. The molecule has 4 heteroatoms. The van der Waals surface area contributed by atoms with Crippen molar-refractivity contribution in [3.63, 3.8) is 0 Å². The summed E-state index contributed by atoms with van der Waals surface area (Å²) in [6.07, 6.45) is 19.4. The minimum atomic E-state index is -0.114. The van der Waals surface area contributed by atoms with Gasteiger partial charge in [-0.15, -0.1) is 0 Å². The fourth-order valence-corrected chi connectivity index (χ4v) is 3.67. The number of rotatable bonds is 22. The molecule has 0 heterocycles. The molecular weight excluding hydrogens is 386 g/mol. The summed E-state index contributed by atoms with van der Waals surface area (Å²) >= 11 is 0. The van der Waals surface area contributed by atoms with Crippen molar-refractivity contribution < 1.29 is 14.6 Å². The quantitative estimate of drug-likeness (QED) is 0.119. The topological polar surface area (TPSA) is 49.8 Å². The van der Waals surface area contributed by atoms with E-state index in [0.29, 0.717) is 6.42 Å². The molecule has 0 aliphatic heterocycles. The summed E-state index contributed by atoms with van der Waals surface area (Å²) in [5.74, 6) is 5.88. The zero-order chi connectivity index (χ0) is 22.8. The van der Waals surface area contributed by atoms with Crippen molar-refractivity contribution in [2.24, 2.45) is 0 Å². The van der Waals surface area contributed by atoms with Gasteiger partial charge < -0.3 is 14.7 Å². The zero-order valence-electron chi connectivity index (χ0n) is 20.8. The Morgan fingerprint density at radius 2 is 1.26 bits per heavy atom. The summed E-state index contributed by atoms with van der Waals surface area (Å²) in [6, 6.07) is 0. The van der Waals surface area contributed by atoms with E-state index in [1.807, 2.05) is 0 Å². The molecule has 0 unspecified atom stereocenters. The third-order valence-corrected chi connectivity index (χ3v) is 5.65. The van der Waals surface area contributed by atoms with Crippen molar-refractivity contribution in [1.82, 2.24) is 4.90 Å². The smallest absolute Gasteiger partial charge is 0.306 e. The SMILES string of the molecule is CCCCCC#CCOC(=O)CCCCCCCN(CCCO)CCCCCCCC. The average Bonchev–Trinajstić information content (AvgIpc) is 2.77. The number of aliphatic hydroxyl groups is 1. The predicted octanol–water partition coefficient (Wildman–Crippen LogP) is 6.50. The number of carbonyl (C=O) groups excluding carboxylic acids is 1. The van der Waals surface area contributed by atoms with Crippen molar-refractivity contribution >= 4 is 5.97 Å². The Kier molecular flexibility index (Phi) is 24.4. The highest BCUT2D eigenvalue weighted by atomic mass is 16.5. The maximum Gasteiger partial charge on any atom is 0.306 e. The van der Waals surface area contributed by atoms with Gasteiger partial charge >= 0.3 is 5.97 Å². The van der Waals surface area contributed by atoms with Gasteiger partial charge in [0, 0.05) is 26.0 Å². The van der Waals surface area contributed by atoms with E-state index in [4.69, 9.17) is 9.84 Å². The van der Waals surface area contributed by atoms with Crippen LogP contribution >= 0.6 is 0 Å². The number of hydrogen-bond acceptors (Lipinski definition) is 4. The maximum absolute atomic E-state index is 11.7. The van der Waals surface area contributed by atoms with E-state index in [0.717, 1.165) is 45.2 Å². The van der Waals surface area contributed by atoms with Crippen LogP contribution in [0.25, 0.3) is 0 Å². The summed E-state index contributed by atoms with van der Waals surface area (Å²) in [6.45, 7) is 8.28. The van der Waals surface area contributed by atoms with Crippen LogP contribution in [0.2, 0.25) is 0 Å². The second kappa shape index (κ2) is 25.2. The largest absolute Gasteiger partial charge is 0.452 e. The van der Waals surface area contributed by atoms with Gasteiger partial charge in [-0.1, -0.05) is 89.9 Å². The molecule has 0 aromatic carbocycles. The van der Waals surface area contributed by atoms with Crippen LogP contribution in [0.3, 0.4) is 0 Å². The number of esters is 1. The third kappa shape index (κ3) is 23.4. The molecule has 0 saturated carbocycles. The van der Waals surface area contributed by atoms with Crippen LogP contribution in [0.15, 0.2) is 0 Å². The van der Waals surface area contributed by atoms with Crippen LogP contribution in [0, 0.1) is 11.8 Å². The molecule has 0 aromatic heterocycles. The summed E-state index contributed by atoms with van der Waals surface area (Å²) < 4.78 is 5.17. The van der Waals surface area contributed by atoms with Crippen LogP contribution in [0.1, 0.15) is 123 Å². The monoisotopic (exact) mass is 437 g/mol. The molecule has 0 amide bonds. The lowest BCUT2D eigenvalue weighted by Crippen LogP contribution is -2.27. The summed E-state index contributed by atoms with van der Waals surface area (Å²) in [7, 11) is 0.